The first kappa shape index (κ1) is 14.9. The molecule has 0 N–H and O–H groups in total. The van der Waals surface area contributed by atoms with E-state index in [-0.39, 0.29) is 30.3 Å². The van der Waals surface area contributed by atoms with Gasteiger partial charge in [-0.25, -0.2) is 0 Å². The number of nitrogens with zero attached hydrogens (tertiary/aromatic N) is 1. The van der Waals surface area contributed by atoms with Gasteiger partial charge in [-0.15, -0.1) is 0 Å². The van der Waals surface area contributed by atoms with Crippen LogP contribution in [0.1, 0.15) is 34.6 Å². The van der Waals surface area contributed by atoms with Crippen LogP contribution in [0.15, 0.2) is 0 Å². The lowest BCUT2D eigenvalue weighted by Gasteiger charge is -2.25. The minimum Gasteiger partial charge on any atom is -0.465 e. The summed E-state index contributed by atoms with van der Waals surface area (Å²) in [6.07, 6.45) is 0. The summed E-state index contributed by atoms with van der Waals surface area (Å²) in [6, 6.07) is 0. The Kier molecular flexibility index (Phi) is 6.77. The molecular weight excluding hydrogens is 206 g/mol. The maximum atomic E-state index is 12.0. The van der Waals surface area contributed by atoms with E-state index in [1.165, 1.54) is 0 Å². The van der Waals surface area contributed by atoms with Crippen LogP contribution < -0.4 is 0 Å². The highest BCUT2D eigenvalue weighted by molar-refractivity contribution is 5.83. The van der Waals surface area contributed by atoms with Gasteiger partial charge in [0, 0.05) is 12.5 Å². The zero-order valence-corrected chi connectivity index (χ0v) is 10.9. The summed E-state index contributed by atoms with van der Waals surface area (Å²) in [5.41, 5.74) is 0. The summed E-state index contributed by atoms with van der Waals surface area (Å²) in [4.78, 5) is 24.8. The molecule has 16 heavy (non-hydrogen) atoms. The Hall–Kier alpha value is -1.06. The van der Waals surface area contributed by atoms with Crippen LogP contribution in [0.25, 0.3) is 0 Å². The lowest BCUT2D eigenvalue weighted by molar-refractivity contribution is -0.150. The zero-order valence-electron chi connectivity index (χ0n) is 10.9. The molecule has 0 aliphatic heterocycles. The first-order valence-electron chi connectivity index (χ1n) is 5.88. The van der Waals surface area contributed by atoms with Crippen LogP contribution in [-0.2, 0) is 14.3 Å². The van der Waals surface area contributed by atoms with E-state index in [4.69, 9.17) is 4.74 Å². The van der Waals surface area contributed by atoms with Crippen molar-refractivity contribution >= 4 is 11.9 Å². The highest BCUT2D eigenvalue weighted by atomic mass is 16.5. The number of carbonyl (C=O) groups excluding carboxylic acids is 2. The first-order chi connectivity index (χ1) is 7.43. The normalized spacial score (nSPS) is 12.4. The molecule has 4 heteroatoms. The lowest BCUT2D eigenvalue weighted by Crippen LogP contribution is -2.40. The van der Waals surface area contributed by atoms with Crippen molar-refractivity contribution in [2.24, 2.45) is 11.8 Å². The molecule has 0 aromatic rings. The van der Waals surface area contributed by atoms with E-state index in [9.17, 15) is 9.59 Å². The van der Waals surface area contributed by atoms with Gasteiger partial charge in [-0.3, -0.25) is 9.59 Å². The van der Waals surface area contributed by atoms with Gasteiger partial charge in [0.25, 0.3) is 0 Å². The van der Waals surface area contributed by atoms with Gasteiger partial charge < -0.3 is 9.64 Å². The van der Waals surface area contributed by atoms with Gasteiger partial charge in [-0.2, -0.15) is 0 Å². The van der Waals surface area contributed by atoms with Gasteiger partial charge >= 0.3 is 5.97 Å². The fraction of sp³-hybridized carbons (Fsp3) is 0.833. The van der Waals surface area contributed by atoms with Crippen molar-refractivity contribution in [3.63, 3.8) is 0 Å². The molecule has 94 valence electrons. The number of likely N-dealkylation sites (N-methyl/N-ethyl adjacent to an activating group) is 1. The number of hydrogen-bond donors (Lipinski definition) is 0. The predicted octanol–water partition coefficient (Wildman–Crippen LogP) is 1.69. The summed E-state index contributed by atoms with van der Waals surface area (Å²) in [5, 5.41) is 0. The Balaban J connectivity index is 4.38. The molecule has 0 aliphatic carbocycles. The monoisotopic (exact) mass is 229 g/mol. The maximum absolute atomic E-state index is 12.0. The topological polar surface area (TPSA) is 46.6 Å². The molecule has 0 aromatic carbocycles. The second-order valence-corrected chi connectivity index (χ2v) is 4.19. The van der Waals surface area contributed by atoms with Crippen LogP contribution in [0.4, 0.5) is 0 Å². The Morgan fingerprint density at radius 1 is 1.19 bits per heavy atom. The number of rotatable bonds is 6. The summed E-state index contributed by atoms with van der Waals surface area (Å²) in [6.45, 7) is 10.5. The van der Waals surface area contributed by atoms with Crippen molar-refractivity contribution in [2.75, 3.05) is 19.7 Å². The average molecular weight is 229 g/mol. The summed E-state index contributed by atoms with van der Waals surface area (Å²) in [5.74, 6) is -0.0997. The Morgan fingerprint density at radius 2 is 1.75 bits per heavy atom. The Morgan fingerprint density at radius 3 is 2.12 bits per heavy atom. The molecule has 1 atom stereocenters. The summed E-state index contributed by atoms with van der Waals surface area (Å²) in [7, 11) is 0. The van der Waals surface area contributed by atoms with Crippen LogP contribution >= 0.6 is 0 Å². The molecule has 0 fully saturated rings. The molecule has 0 rings (SSSR count). The van der Waals surface area contributed by atoms with E-state index in [2.05, 4.69) is 0 Å². The van der Waals surface area contributed by atoms with Gasteiger partial charge in [0.1, 0.15) is 6.54 Å². The van der Waals surface area contributed by atoms with Crippen LogP contribution in [0.3, 0.4) is 0 Å². The van der Waals surface area contributed by atoms with Crippen LogP contribution in [0.5, 0.6) is 0 Å². The number of esters is 1. The van der Waals surface area contributed by atoms with Gasteiger partial charge in [-0.05, 0) is 19.8 Å². The molecule has 1 amide bonds. The fourth-order valence-corrected chi connectivity index (χ4v) is 1.28. The number of hydrogen-bond acceptors (Lipinski definition) is 3. The quantitative estimate of drug-likeness (QED) is 0.651. The summed E-state index contributed by atoms with van der Waals surface area (Å²) < 4.78 is 4.83. The number of amides is 1. The van der Waals surface area contributed by atoms with E-state index < -0.39 is 0 Å². The second-order valence-electron chi connectivity index (χ2n) is 4.19. The Labute approximate surface area is 98.0 Å². The van der Waals surface area contributed by atoms with Gasteiger partial charge in [-0.1, -0.05) is 20.8 Å². The third-order valence-corrected chi connectivity index (χ3v) is 2.71. The molecule has 1 unspecified atom stereocenters. The van der Waals surface area contributed by atoms with Crippen molar-refractivity contribution in [1.82, 2.24) is 4.90 Å². The molecule has 0 heterocycles. The van der Waals surface area contributed by atoms with Crippen molar-refractivity contribution in [1.29, 1.82) is 0 Å². The molecule has 0 aliphatic rings. The largest absolute Gasteiger partial charge is 0.465 e. The van der Waals surface area contributed by atoms with E-state index in [1.807, 2.05) is 27.7 Å². The van der Waals surface area contributed by atoms with Gasteiger partial charge in [0.2, 0.25) is 5.91 Å². The fourth-order valence-electron chi connectivity index (χ4n) is 1.28. The van der Waals surface area contributed by atoms with E-state index >= 15 is 0 Å². The lowest BCUT2D eigenvalue weighted by atomic mass is 9.96. The molecule has 0 aromatic heterocycles. The minimum atomic E-state index is -0.339. The molecule has 0 radical (unpaired) electrons. The third-order valence-electron chi connectivity index (χ3n) is 2.71. The minimum absolute atomic E-state index is 0.0190. The van der Waals surface area contributed by atoms with Crippen LogP contribution in [0.2, 0.25) is 0 Å². The first-order valence-corrected chi connectivity index (χ1v) is 5.88. The molecule has 0 bridgehead atoms. The maximum Gasteiger partial charge on any atom is 0.325 e. The van der Waals surface area contributed by atoms with Crippen molar-refractivity contribution < 1.29 is 14.3 Å². The standard InChI is InChI=1S/C12H23NO3/c1-6-13(8-11(14)16-7-2)12(15)10(5)9(3)4/h9-10H,6-8H2,1-5H3. The van der Waals surface area contributed by atoms with Crippen molar-refractivity contribution in [3.05, 3.63) is 0 Å². The number of carbonyl (C=O) groups is 2. The third kappa shape index (κ3) is 4.64. The molecule has 0 saturated heterocycles. The molecule has 0 saturated carbocycles. The highest BCUT2D eigenvalue weighted by Crippen LogP contribution is 2.13. The molecule has 0 spiro atoms. The smallest absolute Gasteiger partial charge is 0.325 e. The van der Waals surface area contributed by atoms with Gasteiger partial charge in [0.05, 0.1) is 6.61 Å². The second kappa shape index (κ2) is 7.25. The number of ether oxygens (including phenoxy) is 1. The van der Waals surface area contributed by atoms with Crippen molar-refractivity contribution in [2.45, 2.75) is 34.6 Å². The van der Waals surface area contributed by atoms with E-state index in [0.29, 0.717) is 13.2 Å². The molecule has 4 nitrogen and oxygen atoms in total. The zero-order chi connectivity index (χ0) is 12.7. The van der Waals surface area contributed by atoms with Gasteiger partial charge in [0.15, 0.2) is 0 Å². The average Bonchev–Trinajstić information content (AvgIpc) is 2.24. The SMILES string of the molecule is CCOC(=O)CN(CC)C(=O)C(C)C(C)C. The predicted molar refractivity (Wildman–Crippen MR) is 62.9 cm³/mol. The van der Waals surface area contributed by atoms with E-state index in [0.717, 1.165) is 0 Å². The Bertz CT molecular complexity index is 238. The van der Waals surface area contributed by atoms with Crippen molar-refractivity contribution in [3.8, 4) is 0 Å². The molecular formula is C12H23NO3. The highest BCUT2D eigenvalue weighted by Gasteiger charge is 2.23. The summed E-state index contributed by atoms with van der Waals surface area (Å²) >= 11 is 0. The van der Waals surface area contributed by atoms with Crippen LogP contribution in [0, 0.1) is 11.8 Å². The van der Waals surface area contributed by atoms with Crippen LogP contribution in [-0.4, -0.2) is 36.5 Å². The van der Waals surface area contributed by atoms with E-state index in [1.54, 1.807) is 11.8 Å².